The molecule has 0 bridgehead atoms. The second-order valence-corrected chi connectivity index (χ2v) is 5.61. The predicted molar refractivity (Wildman–Crippen MR) is 89.8 cm³/mol. The Morgan fingerprint density at radius 1 is 1.12 bits per heavy atom. The molecule has 6 heteroatoms. The Morgan fingerprint density at radius 3 is 2.54 bits per heavy atom. The van der Waals surface area contributed by atoms with E-state index in [0.29, 0.717) is 18.0 Å². The molecule has 0 unspecified atom stereocenters. The minimum atomic E-state index is -0.348. The van der Waals surface area contributed by atoms with Gasteiger partial charge in [0, 0.05) is 5.69 Å². The molecule has 124 valence electrons. The number of amides is 2. The van der Waals surface area contributed by atoms with Crippen molar-refractivity contribution in [2.45, 2.75) is 12.5 Å². The number of carbonyl (C=O) groups is 2. The number of nitrogens with one attached hydrogen (secondary N) is 2. The summed E-state index contributed by atoms with van der Waals surface area (Å²) in [5.74, 6) is 1.19. The number of hydrogen-bond donors (Lipinski definition) is 3. The van der Waals surface area contributed by atoms with Gasteiger partial charge in [-0.1, -0.05) is 18.2 Å². The monoisotopic (exact) mass is 326 g/mol. The van der Waals surface area contributed by atoms with Gasteiger partial charge in [0.25, 0.3) is 5.91 Å². The van der Waals surface area contributed by atoms with E-state index >= 15 is 0 Å². The lowest BCUT2D eigenvalue weighted by Gasteiger charge is -2.19. The second kappa shape index (κ2) is 7.61. The first-order chi connectivity index (χ1) is 11.7. The average Bonchev–Trinajstić information content (AvgIpc) is 2.60. The number of hydrogen-bond acceptors (Lipinski definition) is 3. The molecule has 0 aromatic heterocycles. The Labute approximate surface area is 140 Å². The Morgan fingerprint density at radius 2 is 1.83 bits per heavy atom. The largest absolute Gasteiger partial charge is 0.457 e. The van der Waals surface area contributed by atoms with E-state index < -0.39 is 0 Å². The number of quaternary nitrogens is 1. The Bertz CT molecular complexity index is 701. The Hall–Kier alpha value is -2.86. The van der Waals surface area contributed by atoms with E-state index in [1.54, 1.807) is 24.3 Å². The van der Waals surface area contributed by atoms with Gasteiger partial charge in [0.05, 0.1) is 19.5 Å². The summed E-state index contributed by atoms with van der Waals surface area (Å²) < 4.78 is 5.70. The van der Waals surface area contributed by atoms with Gasteiger partial charge in [-0.3, -0.25) is 9.59 Å². The maximum absolute atomic E-state index is 12.1. The molecule has 1 fully saturated rings. The standard InChI is InChI=1S/C18H19N3O3/c22-17(12-16-18(23)20-11-10-19-16)21-13-6-8-15(9-7-13)24-14-4-2-1-3-5-14/h1-9,16,19H,10-12H2,(H,20,23)(H,21,22)/p+1/t16-/m1/s1. The Balaban J connectivity index is 1.54. The highest BCUT2D eigenvalue weighted by atomic mass is 16.5. The lowest BCUT2D eigenvalue weighted by Crippen LogP contribution is -2.96. The smallest absolute Gasteiger partial charge is 0.278 e. The van der Waals surface area contributed by atoms with Crippen LogP contribution in [0.1, 0.15) is 6.42 Å². The van der Waals surface area contributed by atoms with E-state index in [4.69, 9.17) is 4.74 Å². The van der Waals surface area contributed by atoms with E-state index in [9.17, 15) is 9.59 Å². The van der Waals surface area contributed by atoms with Gasteiger partial charge in [-0.25, -0.2) is 0 Å². The van der Waals surface area contributed by atoms with Crippen molar-refractivity contribution < 1.29 is 19.6 Å². The first-order valence-electron chi connectivity index (χ1n) is 7.94. The predicted octanol–water partition coefficient (Wildman–Crippen LogP) is 0.869. The van der Waals surface area contributed by atoms with Gasteiger partial charge in [-0.15, -0.1) is 0 Å². The molecule has 6 nitrogen and oxygen atoms in total. The molecule has 2 aromatic carbocycles. The fraction of sp³-hybridized carbons (Fsp3) is 0.222. The zero-order valence-corrected chi connectivity index (χ0v) is 13.2. The number of carbonyl (C=O) groups excluding carboxylic acids is 2. The van der Waals surface area contributed by atoms with Gasteiger partial charge in [0.1, 0.15) is 11.5 Å². The molecule has 2 amide bonds. The molecular weight excluding hydrogens is 306 g/mol. The van der Waals surface area contributed by atoms with Gasteiger partial charge in [-0.05, 0) is 36.4 Å². The van der Waals surface area contributed by atoms with Crippen molar-refractivity contribution in [2.24, 2.45) is 0 Å². The first-order valence-corrected chi connectivity index (χ1v) is 7.94. The van der Waals surface area contributed by atoms with E-state index in [1.165, 1.54) is 0 Å². The third kappa shape index (κ3) is 4.33. The summed E-state index contributed by atoms with van der Waals surface area (Å²) >= 11 is 0. The van der Waals surface area contributed by atoms with Crippen molar-refractivity contribution in [1.82, 2.24) is 5.32 Å². The van der Waals surface area contributed by atoms with Crippen molar-refractivity contribution in [2.75, 3.05) is 18.4 Å². The number of para-hydroxylation sites is 1. The van der Waals surface area contributed by atoms with Crippen LogP contribution in [-0.4, -0.2) is 30.9 Å². The topological polar surface area (TPSA) is 84.0 Å². The number of rotatable bonds is 5. The minimum absolute atomic E-state index is 0.0805. The maximum Gasteiger partial charge on any atom is 0.278 e. The third-order valence-electron chi connectivity index (χ3n) is 3.75. The van der Waals surface area contributed by atoms with Crippen molar-refractivity contribution in [3.8, 4) is 11.5 Å². The summed E-state index contributed by atoms with van der Waals surface area (Å²) in [7, 11) is 0. The first kappa shape index (κ1) is 16.0. The van der Waals surface area contributed by atoms with Gasteiger partial charge >= 0.3 is 0 Å². The number of benzene rings is 2. The van der Waals surface area contributed by atoms with E-state index in [2.05, 4.69) is 10.6 Å². The van der Waals surface area contributed by atoms with Crippen molar-refractivity contribution in [3.63, 3.8) is 0 Å². The summed E-state index contributed by atoms with van der Waals surface area (Å²) in [5, 5.41) is 7.47. The van der Waals surface area contributed by atoms with Crippen LogP contribution in [-0.2, 0) is 9.59 Å². The zero-order chi connectivity index (χ0) is 16.8. The van der Waals surface area contributed by atoms with E-state index in [0.717, 1.165) is 12.3 Å². The molecular formula is C18H20N3O3+. The fourth-order valence-corrected chi connectivity index (χ4v) is 2.54. The number of nitrogens with two attached hydrogens (primary N) is 1. The lowest BCUT2D eigenvalue weighted by molar-refractivity contribution is -0.678. The highest BCUT2D eigenvalue weighted by Gasteiger charge is 2.27. The van der Waals surface area contributed by atoms with Crippen LogP contribution in [0.3, 0.4) is 0 Å². The van der Waals surface area contributed by atoms with Crippen LogP contribution in [0.2, 0.25) is 0 Å². The quantitative estimate of drug-likeness (QED) is 0.762. The van der Waals surface area contributed by atoms with Crippen LogP contribution < -0.4 is 20.7 Å². The van der Waals surface area contributed by atoms with Crippen LogP contribution in [0.25, 0.3) is 0 Å². The van der Waals surface area contributed by atoms with E-state index in [1.807, 2.05) is 35.6 Å². The van der Waals surface area contributed by atoms with Crippen molar-refractivity contribution in [3.05, 3.63) is 54.6 Å². The molecule has 1 aliphatic rings. The van der Waals surface area contributed by atoms with Crippen molar-refractivity contribution in [1.29, 1.82) is 0 Å². The molecule has 1 atom stereocenters. The molecule has 3 rings (SSSR count). The van der Waals surface area contributed by atoms with Crippen molar-refractivity contribution >= 4 is 17.5 Å². The van der Waals surface area contributed by atoms with Gasteiger partial charge < -0.3 is 20.7 Å². The summed E-state index contributed by atoms with van der Waals surface area (Å²) in [6.45, 7) is 1.45. The summed E-state index contributed by atoms with van der Waals surface area (Å²) in [6.07, 6.45) is 0.161. The number of piperazine rings is 1. The SMILES string of the molecule is O=C(C[C@H]1[NH2+]CCNC1=O)Nc1ccc(Oc2ccccc2)cc1. The molecule has 4 N–H and O–H groups in total. The summed E-state index contributed by atoms with van der Waals surface area (Å²) in [5.41, 5.74) is 0.677. The minimum Gasteiger partial charge on any atom is -0.457 e. The Kier molecular flexibility index (Phi) is 5.08. The molecule has 24 heavy (non-hydrogen) atoms. The van der Waals surface area contributed by atoms with Gasteiger partial charge in [0.2, 0.25) is 5.91 Å². The highest BCUT2D eigenvalue weighted by Crippen LogP contribution is 2.22. The van der Waals surface area contributed by atoms with Gasteiger partial charge in [0.15, 0.2) is 6.04 Å². The van der Waals surface area contributed by atoms with Gasteiger partial charge in [-0.2, -0.15) is 0 Å². The molecule has 1 heterocycles. The third-order valence-corrected chi connectivity index (χ3v) is 3.75. The highest BCUT2D eigenvalue weighted by molar-refractivity contribution is 5.94. The normalized spacial score (nSPS) is 17.0. The molecule has 0 radical (unpaired) electrons. The van der Waals surface area contributed by atoms with Crippen LogP contribution in [0.4, 0.5) is 5.69 Å². The van der Waals surface area contributed by atoms with Crippen LogP contribution in [0.5, 0.6) is 11.5 Å². The molecule has 0 spiro atoms. The summed E-state index contributed by atoms with van der Waals surface area (Å²) in [4.78, 5) is 23.7. The van der Waals surface area contributed by atoms with E-state index in [-0.39, 0.29) is 24.3 Å². The number of ether oxygens (including phenoxy) is 1. The maximum atomic E-state index is 12.1. The molecule has 0 saturated carbocycles. The molecule has 2 aromatic rings. The van der Waals surface area contributed by atoms with Crippen LogP contribution in [0.15, 0.2) is 54.6 Å². The summed E-state index contributed by atoms with van der Waals surface area (Å²) in [6, 6.07) is 16.3. The molecule has 1 aliphatic heterocycles. The lowest BCUT2D eigenvalue weighted by atomic mass is 10.1. The second-order valence-electron chi connectivity index (χ2n) is 5.61. The number of anilines is 1. The van der Waals surface area contributed by atoms with Crippen LogP contribution >= 0.6 is 0 Å². The fourth-order valence-electron chi connectivity index (χ4n) is 2.54. The molecule has 0 aliphatic carbocycles. The zero-order valence-electron chi connectivity index (χ0n) is 13.2. The van der Waals surface area contributed by atoms with Crippen LogP contribution in [0, 0.1) is 0 Å². The average molecular weight is 326 g/mol. The molecule has 1 saturated heterocycles.